The monoisotopic (exact) mass is 405 g/mol. The van der Waals surface area contributed by atoms with E-state index < -0.39 is 30.6 Å². The first kappa shape index (κ1) is 22.1. The number of benzene rings is 1. The maximum atomic E-state index is 13.1. The van der Waals surface area contributed by atoms with Gasteiger partial charge in [-0.2, -0.15) is 0 Å². The fourth-order valence-corrected chi connectivity index (χ4v) is 2.72. The van der Waals surface area contributed by atoms with Crippen LogP contribution in [0.25, 0.3) is 0 Å². The first-order chi connectivity index (χ1) is 13.8. The van der Waals surface area contributed by atoms with E-state index in [4.69, 9.17) is 15.9 Å². The molecule has 2 rings (SSSR count). The Morgan fingerprint density at radius 2 is 2.03 bits per heavy atom. The van der Waals surface area contributed by atoms with Crippen LogP contribution in [0.4, 0.5) is 20.7 Å². The van der Waals surface area contributed by atoms with Gasteiger partial charge in [-0.25, -0.2) is 14.2 Å². The van der Waals surface area contributed by atoms with Crippen molar-refractivity contribution in [3.05, 3.63) is 53.0 Å². The van der Waals surface area contributed by atoms with Gasteiger partial charge < -0.3 is 26.0 Å². The highest BCUT2D eigenvalue weighted by atomic mass is 19.1. The van der Waals surface area contributed by atoms with E-state index in [0.29, 0.717) is 5.56 Å². The van der Waals surface area contributed by atoms with Gasteiger partial charge in [0.15, 0.2) is 0 Å². The lowest BCUT2D eigenvalue weighted by molar-refractivity contribution is 0.148. The quantitative estimate of drug-likeness (QED) is 0.305. The molecule has 0 aliphatic rings. The zero-order chi connectivity index (χ0) is 21.6. The third-order valence-corrected chi connectivity index (χ3v) is 4.03. The molecule has 0 aliphatic heterocycles. The van der Waals surface area contributed by atoms with Gasteiger partial charge in [-0.3, -0.25) is 10.7 Å². The molecule has 1 aromatic heterocycles. The number of urea groups is 1. The summed E-state index contributed by atoms with van der Waals surface area (Å²) in [5, 5.41) is 32.5. The number of carbonyl (C=O) groups excluding carboxylic acids is 1. The number of carbonyl (C=O) groups is 1. The first-order valence-corrected chi connectivity index (χ1v) is 8.89. The van der Waals surface area contributed by atoms with E-state index in [9.17, 15) is 19.4 Å². The summed E-state index contributed by atoms with van der Waals surface area (Å²) >= 11 is 0. The lowest BCUT2D eigenvalue weighted by atomic mass is 10.0. The number of nitrogens with one attached hydrogen (secondary N) is 3. The molecule has 156 valence electrons. The molecule has 1 heterocycles. The van der Waals surface area contributed by atoms with Gasteiger partial charge in [-0.05, 0) is 31.5 Å². The van der Waals surface area contributed by atoms with Crippen LogP contribution in [0.15, 0.2) is 30.3 Å². The normalized spacial score (nSPS) is 12.7. The number of ether oxygens (including phenoxy) is 1. The summed E-state index contributed by atoms with van der Waals surface area (Å²) in [5.41, 5.74) is 6.78. The standard InChI is InChI=1S/C19H24FN5O4/c1-3-29-18(22)16-13(21)8-15(23-14(16)9-26)24-19(28)25-17(10(2)27)11-4-6-12(20)7-5-11/h4-8,10,17,22,26-27H,3,9H2,1-2H3,(H4,21,23,24,25,28). The minimum absolute atomic E-state index is 0.0422. The van der Waals surface area contributed by atoms with Crippen molar-refractivity contribution in [3.8, 4) is 0 Å². The van der Waals surface area contributed by atoms with E-state index in [1.54, 1.807) is 6.92 Å². The number of hydrogen-bond acceptors (Lipinski definition) is 7. The summed E-state index contributed by atoms with van der Waals surface area (Å²) in [7, 11) is 0. The van der Waals surface area contributed by atoms with Crippen molar-refractivity contribution in [1.82, 2.24) is 10.3 Å². The number of pyridine rings is 1. The molecule has 0 spiro atoms. The van der Waals surface area contributed by atoms with Crippen molar-refractivity contribution in [2.45, 2.75) is 32.6 Å². The molecular weight excluding hydrogens is 381 g/mol. The van der Waals surface area contributed by atoms with Crippen LogP contribution < -0.4 is 16.4 Å². The van der Waals surface area contributed by atoms with E-state index in [0.717, 1.165) is 0 Å². The summed E-state index contributed by atoms with van der Waals surface area (Å²) in [6.45, 7) is 2.92. The number of halogens is 1. The van der Waals surface area contributed by atoms with E-state index >= 15 is 0 Å². The van der Waals surface area contributed by atoms with Crippen molar-refractivity contribution in [2.75, 3.05) is 17.7 Å². The second-order valence-corrected chi connectivity index (χ2v) is 6.21. The maximum absolute atomic E-state index is 13.1. The topological polar surface area (TPSA) is 154 Å². The molecule has 1 aromatic carbocycles. The molecule has 2 unspecified atom stereocenters. The summed E-state index contributed by atoms with van der Waals surface area (Å²) < 4.78 is 18.2. The number of aromatic nitrogens is 1. The summed E-state index contributed by atoms with van der Waals surface area (Å²) in [5.74, 6) is -0.625. The number of nitrogens with zero attached hydrogens (tertiary/aromatic N) is 1. The lowest BCUT2D eigenvalue weighted by Crippen LogP contribution is -2.38. The zero-order valence-corrected chi connectivity index (χ0v) is 16.1. The fraction of sp³-hybridized carbons (Fsp3) is 0.316. The summed E-state index contributed by atoms with van der Waals surface area (Å²) in [6, 6.07) is 5.22. The van der Waals surface area contributed by atoms with Gasteiger partial charge in [0.1, 0.15) is 11.6 Å². The number of amides is 2. The van der Waals surface area contributed by atoms with Crippen LogP contribution in [-0.4, -0.2) is 39.8 Å². The fourth-order valence-electron chi connectivity index (χ4n) is 2.72. The highest BCUT2D eigenvalue weighted by molar-refractivity contribution is 5.99. The minimum atomic E-state index is -0.953. The molecule has 2 atom stereocenters. The van der Waals surface area contributed by atoms with Gasteiger partial charge >= 0.3 is 6.03 Å². The highest BCUT2D eigenvalue weighted by Crippen LogP contribution is 2.22. The average molecular weight is 405 g/mol. The van der Waals surface area contributed by atoms with Crippen molar-refractivity contribution < 1.29 is 24.1 Å². The number of aliphatic hydroxyl groups is 2. The Balaban J connectivity index is 2.19. The molecule has 0 radical (unpaired) electrons. The van der Waals surface area contributed by atoms with Crippen molar-refractivity contribution in [2.24, 2.45) is 0 Å². The molecule has 0 saturated carbocycles. The minimum Gasteiger partial charge on any atom is -0.478 e. The molecule has 0 aliphatic carbocycles. The predicted molar refractivity (Wildman–Crippen MR) is 106 cm³/mol. The molecule has 9 nitrogen and oxygen atoms in total. The van der Waals surface area contributed by atoms with Gasteiger partial charge in [0.2, 0.25) is 5.90 Å². The van der Waals surface area contributed by atoms with Gasteiger partial charge in [0.25, 0.3) is 0 Å². The molecule has 29 heavy (non-hydrogen) atoms. The highest BCUT2D eigenvalue weighted by Gasteiger charge is 2.21. The zero-order valence-electron chi connectivity index (χ0n) is 16.1. The Morgan fingerprint density at radius 1 is 1.38 bits per heavy atom. The first-order valence-electron chi connectivity index (χ1n) is 8.89. The van der Waals surface area contributed by atoms with Gasteiger partial charge in [0, 0.05) is 11.8 Å². The largest absolute Gasteiger partial charge is 0.478 e. The van der Waals surface area contributed by atoms with Gasteiger partial charge in [-0.15, -0.1) is 0 Å². The molecule has 2 aromatic rings. The molecule has 0 bridgehead atoms. The number of nitrogens with two attached hydrogens (primary N) is 1. The van der Waals surface area contributed by atoms with Crippen LogP contribution in [0.1, 0.15) is 36.7 Å². The molecule has 0 saturated heterocycles. The smallest absolute Gasteiger partial charge is 0.320 e. The average Bonchev–Trinajstić information content (AvgIpc) is 2.66. The summed E-state index contributed by atoms with van der Waals surface area (Å²) in [4.78, 5) is 16.5. The maximum Gasteiger partial charge on any atom is 0.320 e. The van der Waals surface area contributed by atoms with Gasteiger partial charge in [0.05, 0.1) is 36.6 Å². The Hall–Kier alpha value is -3.24. The molecule has 7 N–H and O–H groups in total. The third kappa shape index (κ3) is 5.62. The second kappa shape index (κ2) is 9.80. The molecule has 10 heteroatoms. The molecule has 2 amide bonds. The Kier molecular flexibility index (Phi) is 7.46. The second-order valence-electron chi connectivity index (χ2n) is 6.21. The van der Waals surface area contributed by atoms with Crippen molar-refractivity contribution >= 4 is 23.4 Å². The van der Waals surface area contributed by atoms with Crippen LogP contribution in [0.3, 0.4) is 0 Å². The van der Waals surface area contributed by atoms with E-state index in [2.05, 4.69) is 15.6 Å². The lowest BCUT2D eigenvalue weighted by Gasteiger charge is -2.22. The SMILES string of the molecule is CCOC(=N)c1c(N)cc(NC(=O)NC(c2ccc(F)cc2)C(C)O)nc1CO. The van der Waals surface area contributed by atoms with E-state index in [-0.39, 0.29) is 35.3 Å². The molecule has 0 fully saturated rings. The number of aliphatic hydroxyl groups excluding tert-OH is 2. The van der Waals surface area contributed by atoms with Crippen LogP contribution >= 0.6 is 0 Å². The van der Waals surface area contributed by atoms with Crippen molar-refractivity contribution in [1.29, 1.82) is 5.41 Å². The summed E-state index contributed by atoms with van der Waals surface area (Å²) in [6.07, 6.45) is -0.953. The van der Waals surface area contributed by atoms with Crippen LogP contribution in [0, 0.1) is 11.2 Å². The van der Waals surface area contributed by atoms with Crippen LogP contribution in [0.5, 0.6) is 0 Å². The Bertz CT molecular complexity index is 874. The molecular formula is C19H24FN5O4. The number of rotatable bonds is 7. The van der Waals surface area contributed by atoms with Crippen LogP contribution in [-0.2, 0) is 11.3 Å². The van der Waals surface area contributed by atoms with E-state index in [1.165, 1.54) is 37.3 Å². The van der Waals surface area contributed by atoms with Crippen molar-refractivity contribution in [3.63, 3.8) is 0 Å². The third-order valence-electron chi connectivity index (χ3n) is 4.03. The predicted octanol–water partition coefficient (Wildman–Crippen LogP) is 1.90. The van der Waals surface area contributed by atoms with E-state index in [1.807, 2.05) is 0 Å². The Labute approximate surface area is 167 Å². The number of hydrogen-bond donors (Lipinski definition) is 6. The van der Waals surface area contributed by atoms with Gasteiger partial charge in [-0.1, -0.05) is 12.1 Å². The Morgan fingerprint density at radius 3 is 2.59 bits per heavy atom. The van der Waals surface area contributed by atoms with Crippen LogP contribution in [0.2, 0.25) is 0 Å². The number of anilines is 2. The number of nitrogen functional groups attached to an aromatic ring is 1.